The van der Waals surface area contributed by atoms with Crippen molar-refractivity contribution in [1.29, 1.82) is 0 Å². The van der Waals surface area contributed by atoms with E-state index >= 15 is 0 Å². The van der Waals surface area contributed by atoms with Crippen LogP contribution in [0.1, 0.15) is 25.3 Å². The Balaban J connectivity index is 1.56. The molecule has 22 heavy (non-hydrogen) atoms. The highest BCUT2D eigenvalue weighted by atomic mass is 35.5. The maximum absolute atomic E-state index is 11.9. The van der Waals surface area contributed by atoms with Crippen LogP contribution in [0.5, 0.6) is 0 Å². The van der Waals surface area contributed by atoms with Crippen molar-refractivity contribution in [2.24, 2.45) is 0 Å². The normalized spacial score (nSPS) is 15.4. The Bertz CT molecular complexity index is 648. The molecular weight excluding hydrogens is 300 g/mol. The summed E-state index contributed by atoms with van der Waals surface area (Å²) in [7, 11) is 0. The van der Waals surface area contributed by atoms with Gasteiger partial charge in [0, 0.05) is 17.3 Å². The molecule has 2 N–H and O–H groups in total. The summed E-state index contributed by atoms with van der Waals surface area (Å²) in [5.41, 5.74) is 1.96. The van der Waals surface area contributed by atoms with E-state index in [-0.39, 0.29) is 11.9 Å². The quantitative estimate of drug-likeness (QED) is 0.861. The van der Waals surface area contributed by atoms with Crippen molar-refractivity contribution in [2.75, 3.05) is 5.32 Å². The molecule has 1 aliphatic carbocycles. The summed E-state index contributed by atoms with van der Waals surface area (Å²) in [5.74, 6) is 0.0351. The monoisotopic (exact) mass is 318 g/mol. The lowest BCUT2D eigenvalue weighted by Gasteiger charge is -2.13. The van der Waals surface area contributed by atoms with Crippen LogP contribution in [0.2, 0.25) is 5.02 Å². The van der Waals surface area contributed by atoms with E-state index in [1.54, 1.807) is 6.20 Å². The second-order valence-corrected chi connectivity index (χ2v) is 6.14. The van der Waals surface area contributed by atoms with Crippen molar-refractivity contribution in [3.05, 3.63) is 47.2 Å². The van der Waals surface area contributed by atoms with Gasteiger partial charge in [-0.2, -0.15) is 5.10 Å². The molecule has 1 amide bonds. The highest BCUT2D eigenvalue weighted by Gasteiger charge is 2.25. The summed E-state index contributed by atoms with van der Waals surface area (Å²) in [6.07, 6.45) is 5.82. The summed E-state index contributed by atoms with van der Waals surface area (Å²) in [4.78, 5) is 11.9. The molecule has 2 aromatic rings. The van der Waals surface area contributed by atoms with Gasteiger partial charge in [0.25, 0.3) is 0 Å². The summed E-state index contributed by atoms with van der Waals surface area (Å²) in [6.45, 7) is 2.52. The third-order valence-corrected chi connectivity index (χ3v) is 3.84. The number of benzene rings is 1. The van der Waals surface area contributed by atoms with Gasteiger partial charge in [-0.05, 0) is 37.5 Å². The Hall–Kier alpha value is -2.01. The van der Waals surface area contributed by atoms with Gasteiger partial charge >= 0.3 is 0 Å². The number of nitrogens with one attached hydrogen (secondary N) is 2. The second-order valence-electron chi connectivity index (χ2n) is 5.70. The molecule has 0 saturated heterocycles. The molecule has 6 heteroatoms. The molecule has 1 aromatic carbocycles. The number of carbonyl (C=O) groups is 1. The molecule has 3 rings (SSSR count). The van der Waals surface area contributed by atoms with Gasteiger partial charge in [-0.3, -0.25) is 9.48 Å². The zero-order valence-electron chi connectivity index (χ0n) is 12.4. The van der Waals surface area contributed by atoms with Crippen LogP contribution < -0.4 is 10.6 Å². The fourth-order valence-corrected chi connectivity index (χ4v) is 2.30. The first kappa shape index (κ1) is 14.9. The Morgan fingerprint density at radius 3 is 2.82 bits per heavy atom. The molecule has 1 atom stereocenters. The van der Waals surface area contributed by atoms with E-state index in [0.29, 0.717) is 12.6 Å². The van der Waals surface area contributed by atoms with Crippen LogP contribution in [0.3, 0.4) is 0 Å². The van der Waals surface area contributed by atoms with E-state index in [1.807, 2.05) is 42.1 Å². The Morgan fingerprint density at radius 1 is 1.41 bits per heavy atom. The molecule has 0 unspecified atom stereocenters. The predicted molar refractivity (Wildman–Crippen MR) is 87.0 cm³/mol. The van der Waals surface area contributed by atoms with Crippen LogP contribution in [-0.4, -0.2) is 27.8 Å². The molecule has 0 bridgehead atoms. The number of aromatic nitrogens is 2. The highest BCUT2D eigenvalue weighted by Crippen LogP contribution is 2.19. The van der Waals surface area contributed by atoms with E-state index in [4.69, 9.17) is 11.6 Å². The molecule has 1 aliphatic rings. The molecule has 1 fully saturated rings. The molecule has 0 radical (unpaired) electrons. The van der Waals surface area contributed by atoms with Gasteiger partial charge in [-0.1, -0.05) is 23.7 Å². The number of hydrogen-bond donors (Lipinski definition) is 2. The fourth-order valence-electron chi connectivity index (χ4n) is 2.17. The molecular formula is C16H19ClN4O. The Morgan fingerprint density at radius 2 is 2.14 bits per heavy atom. The molecule has 5 nitrogen and oxygen atoms in total. The fraction of sp³-hybridized carbons (Fsp3) is 0.375. The van der Waals surface area contributed by atoms with Gasteiger partial charge in [-0.25, -0.2) is 0 Å². The van der Waals surface area contributed by atoms with Gasteiger partial charge < -0.3 is 10.6 Å². The summed E-state index contributed by atoms with van der Waals surface area (Å²) in [6, 6.07) is 7.79. The smallest absolute Gasteiger partial charge is 0.242 e. The lowest BCUT2D eigenvalue weighted by molar-refractivity contribution is -0.121. The number of anilines is 1. The number of carbonyl (C=O) groups excluding carboxylic acids is 1. The SMILES string of the molecule is C[C@H](Nc1cnn(Cc2ccc(Cl)cc2)c1)C(=O)NC1CC1. The summed E-state index contributed by atoms with van der Waals surface area (Å²) >= 11 is 5.88. The molecule has 116 valence electrons. The third-order valence-electron chi connectivity index (χ3n) is 3.59. The largest absolute Gasteiger partial charge is 0.371 e. The zero-order valence-corrected chi connectivity index (χ0v) is 13.2. The van der Waals surface area contributed by atoms with Crippen LogP contribution in [0.4, 0.5) is 5.69 Å². The van der Waals surface area contributed by atoms with Crippen molar-refractivity contribution in [2.45, 2.75) is 38.4 Å². The van der Waals surface area contributed by atoms with E-state index in [9.17, 15) is 4.79 Å². The van der Waals surface area contributed by atoms with Crippen molar-refractivity contribution in [3.63, 3.8) is 0 Å². The van der Waals surface area contributed by atoms with Crippen LogP contribution in [0, 0.1) is 0 Å². The number of hydrogen-bond acceptors (Lipinski definition) is 3. The minimum Gasteiger partial charge on any atom is -0.371 e. The summed E-state index contributed by atoms with van der Waals surface area (Å²) < 4.78 is 1.83. The minimum absolute atomic E-state index is 0.0351. The molecule has 0 aliphatic heterocycles. The van der Waals surface area contributed by atoms with Gasteiger partial charge in [0.2, 0.25) is 5.91 Å². The van der Waals surface area contributed by atoms with E-state index in [0.717, 1.165) is 29.1 Å². The van der Waals surface area contributed by atoms with E-state index in [2.05, 4.69) is 15.7 Å². The van der Waals surface area contributed by atoms with Gasteiger partial charge in [0.15, 0.2) is 0 Å². The molecule has 1 heterocycles. The number of amides is 1. The molecule has 0 spiro atoms. The van der Waals surface area contributed by atoms with Crippen molar-refractivity contribution in [3.8, 4) is 0 Å². The predicted octanol–water partition coefficient (Wildman–Crippen LogP) is 2.66. The van der Waals surface area contributed by atoms with Crippen LogP contribution >= 0.6 is 11.6 Å². The first-order valence-corrected chi connectivity index (χ1v) is 7.82. The van der Waals surface area contributed by atoms with Crippen LogP contribution in [-0.2, 0) is 11.3 Å². The Labute approximate surface area is 134 Å². The minimum atomic E-state index is -0.270. The Kier molecular flexibility index (Phi) is 4.34. The van der Waals surface area contributed by atoms with Gasteiger partial charge in [0.1, 0.15) is 6.04 Å². The van der Waals surface area contributed by atoms with Crippen LogP contribution in [0.15, 0.2) is 36.7 Å². The van der Waals surface area contributed by atoms with Crippen LogP contribution in [0.25, 0.3) is 0 Å². The van der Waals surface area contributed by atoms with Crippen molar-refractivity contribution < 1.29 is 4.79 Å². The maximum Gasteiger partial charge on any atom is 0.242 e. The second kappa shape index (κ2) is 6.40. The lowest BCUT2D eigenvalue weighted by Crippen LogP contribution is -2.38. The van der Waals surface area contributed by atoms with Gasteiger partial charge in [-0.15, -0.1) is 0 Å². The standard InChI is InChI=1S/C16H19ClN4O/c1-11(16(22)20-14-6-7-14)19-15-8-18-21(10-15)9-12-2-4-13(17)5-3-12/h2-5,8,10-11,14,19H,6-7,9H2,1H3,(H,20,22)/t11-/m0/s1. The first-order chi connectivity index (χ1) is 10.6. The van der Waals surface area contributed by atoms with Crippen molar-refractivity contribution >= 4 is 23.2 Å². The molecule has 1 aromatic heterocycles. The van der Waals surface area contributed by atoms with Crippen molar-refractivity contribution in [1.82, 2.24) is 15.1 Å². The lowest BCUT2D eigenvalue weighted by atomic mass is 10.2. The number of rotatable bonds is 6. The maximum atomic E-state index is 11.9. The summed E-state index contributed by atoms with van der Waals surface area (Å²) in [5, 5.41) is 11.2. The van der Waals surface area contributed by atoms with E-state index < -0.39 is 0 Å². The average molecular weight is 319 g/mol. The average Bonchev–Trinajstić information content (AvgIpc) is 3.20. The van der Waals surface area contributed by atoms with E-state index in [1.165, 1.54) is 0 Å². The number of nitrogens with zero attached hydrogens (tertiary/aromatic N) is 2. The number of halogens is 1. The van der Waals surface area contributed by atoms with Gasteiger partial charge in [0.05, 0.1) is 18.4 Å². The first-order valence-electron chi connectivity index (χ1n) is 7.44. The topological polar surface area (TPSA) is 59.0 Å². The highest BCUT2D eigenvalue weighted by molar-refractivity contribution is 6.30. The zero-order chi connectivity index (χ0) is 15.5. The third kappa shape index (κ3) is 4.01. The molecule has 1 saturated carbocycles.